The SMILES string of the molecule is CCOCCCn1c(NC(=O)CCCNC(=O)c2cccs2)nc2ccccc21. The summed E-state index contributed by atoms with van der Waals surface area (Å²) in [6.45, 7) is 4.50. The van der Waals surface area contributed by atoms with Crippen molar-refractivity contribution in [3.8, 4) is 0 Å². The van der Waals surface area contributed by atoms with Crippen molar-refractivity contribution in [2.45, 2.75) is 32.7 Å². The number of nitrogens with one attached hydrogen (secondary N) is 2. The number of hydrogen-bond donors (Lipinski definition) is 2. The highest BCUT2D eigenvalue weighted by molar-refractivity contribution is 7.12. The van der Waals surface area contributed by atoms with Crippen LogP contribution in [0.5, 0.6) is 0 Å². The molecule has 0 aliphatic carbocycles. The summed E-state index contributed by atoms with van der Waals surface area (Å²) in [5.74, 6) is 0.337. The molecule has 2 N–H and O–H groups in total. The highest BCUT2D eigenvalue weighted by Crippen LogP contribution is 2.20. The van der Waals surface area contributed by atoms with Crippen molar-refractivity contribution in [2.75, 3.05) is 25.1 Å². The first-order chi connectivity index (χ1) is 14.2. The summed E-state index contributed by atoms with van der Waals surface area (Å²) in [6.07, 6.45) is 1.71. The van der Waals surface area contributed by atoms with Crippen LogP contribution in [0.25, 0.3) is 11.0 Å². The lowest BCUT2D eigenvalue weighted by Crippen LogP contribution is -2.25. The molecular formula is C21H26N4O3S. The van der Waals surface area contributed by atoms with Gasteiger partial charge in [-0.15, -0.1) is 11.3 Å². The van der Waals surface area contributed by atoms with E-state index in [1.54, 1.807) is 6.07 Å². The average Bonchev–Trinajstić information content (AvgIpc) is 3.37. The van der Waals surface area contributed by atoms with Crippen LogP contribution in [0, 0.1) is 0 Å². The number of imidazole rings is 1. The molecule has 3 aromatic rings. The van der Waals surface area contributed by atoms with Crippen molar-refractivity contribution in [1.82, 2.24) is 14.9 Å². The second-order valence-corrected chi connectivity index (χ2v) is 7.46. The molecular weight excluding hydrogens is 388 g/mol. The third kappa shape index (κ3) is 5.88. The molecule has 8 heteroatoms. The van der Waals surface area contributed by atoms with Gasteiger partial charge >= 0.3 is 0 Å². The molecule has 0 saturated carbocycles. The lowest BCUT2D eigenvalue weighted by Gasteiger charge is -2.10. The molecule has 0 bridgehead atoms. The molecule has 0 saturated heterocycles. The summed E-state index contributed by atoms with van der Waals surface area (Å²) < 4.78 is 7.44. The largest absolute Gasteiger partial charge is 0.382 e. The Morgan fingerprint density at radius 3 is 2.83 bits per heavy atom. The fraction of sp³-hybridized carbons (Fsp3) is 0.381. The maximum absolute atomic E-state index is 12.4. The number of hydrogen-bond acceptors (Lipinski definition) is 5. The molecule has 0 unspecified atom stereocenters. The van der Waals surface area contributed by atoms with Crippen LogP contribution in [0.2, 0.25) is 0 Å². The smallest absolute Gasteiger partial charge is 0.261 e. The second-order valence-electron chi connectivity index (χ2n) is 6.51. The van der Waals surface area contributed by atoms with E-state index in [9.17, 15) is 9.59 Å². The minimum atomic E-state index is -0.114. The molecule has 154 valence electrons. The Morgan fingerprint density at radius 2 is 2.03 bits per heavy atom. The first-order valence-electron chi connectivity index (χ1n) is 9.83. The molecule has 29 heavy (non-hydrogen) atoms. The van der Waals surface area contributed by atoms with Gasteiger partial charge < -0.3 is 14.6 Å². The molecule has 0 spiro atoms. The number of thiophene rings is 1. The van der Waals surface area contributed by atoms with E-state index < -0.39 is 0 Å². The van der Waals surface area contributed by atoms with Gasteiger partial charge in [0.25, 0.3) is 5.91 Å². The summed E-state index contributed by atoms with van der Waals surface area (Å²) in [5.41, 5.74) is 1.84. The second kappa shape index (κ2) is 10.7. The lowest BCUT2D eigenvalue weighted by molar-refractivity contribution is -0.116. The number of benzene rings is 1. The number of carbonyl (C=O) groups is 2. The fourth-order valence-electron chi connectivity index (χ4n) is 3.00. The van der Waals surface area contributed by atoms with Gasteiger partial charge in [-0.2, -0.15) is 0 Å². The van der Waals surface area contributed by atoms with E-state index >= 15 is 0 Å². The Bertz CT molecular complexity index is 937. The molecule has 1 aromatic carbocycles. The summed E-state index contributed by atoms with van der Waals surface area (Å²) in [4.78, 5) is 29.5. The van der Waals surface area contributed by atoms with Gasteiger partial charge in [-0.1, -0.05) is 18.2 Å². The predicted molar refractivity (Wildman–Crippen MR) is 115 cm³/mol. The van der Waals surface area contributed by atoms with E-state index in [0.29, 0.717) is 50.0 Å². The third-order valence-corrected chi connectivity index (χ3v) is 5.26. The molecule has 0 atom stereocenters. The minimum absolute atomic E-state index is 0.100. The monoisotopic (exact) mass is 414 g/mol. The molecule has 0 aliphatic rings. The molecule has 0 aliphatic heterocycles. The Hall–Kier alpha value is -2.71. The summed E-state index contributed by atoms with van der Waals surface area (Å²) >= 11 is 1.40. The summed E-state index contributed by atoms with van der Waals surface area (Å²) in [7, 11) is 0. The number of rotatable bonds is 11. The minimum Gasteiger partial charge on any atom is -0.382 e. The Balaban J connectivity index is 1.53. The number of anilines is 1. The first-order valence-corrected chi connectivity index (χ1v) is 10.7. The number of aryl methyl sites for hydroxylation is 1. The molecule has 3 rings (SSSR count). The van der Waals surface area contributed by atoms with E-state index in [1.807, 2.05) is 47.2 Å². The highest BCUT2D eigenvalue weighted by Gasteiger charge is 2.13. The quantitative estimate of drug-likeness (QED) is 0.469. The van der Waals surface area contributed by atoms with Gasteiger partial charge in [-0.05, 0) is 43.3 Å². The van der Waals surface area contributed by atoms with Crippen LogP contribution in [-0.2, 0) is 16.1 Å². The number of amides is 2. The number of para-hydroxylation sites is 2. The molecule has 2 amide bonds. The van der Waals surface area contributed by atoms with E-state index in [0.717, 1.165) is 17.5 Å². The molecule has 2 aromatic heterocycles. The molecule has 0 fully saturated rings. The van der Waals surface area contributed by atoms with Crippen LogP contribution in [0.3, 0.4) is 0 Å². The van der Waals surface area contributed by atoms with Crippen LogP contribution < -0.4 is 10.6 Å². The van der Waals surface area contributed by atoms with E-state index in [-0.39, 0.29) is 11.8 Å². The number of ether oxygens (including phenoxy) is 1. The highest BCUT2D eigenvalue weighted by atomic mass is 32.1. The third-order valence-electron chi connectivity index (χ3n) is 4.39. The molecule has 7 nitrogen and oxygen atoms in total. The van der Waals surface area contributed by atoms with Gasteiger partial charge in [-0.25, -0.2) is 4.98 Å². The normalized spacial score (nSPS) is 10.9. The standard InChI is InChI=1S/C21H26N4O3S/c1-2-28-14-7-13-25-17-9-4-3-8-16(17)23-21(25)24-19(26)11-5-12-22-20(27)18-10-6-15-29-18/h3-4,6,8-10,15H,2,5,7,11-14H2,1H3,(H,22,27)(H,23,24,26). The van der Waals surface area contributed by atoms with Crippen molar-refractivity contribution in [3.63, 3.8) is 0 Å². The van der Waals surface area contributed by atoms with Crippen molar-refractivity contribution in [3.05, 3.63) is 46.7 Å². The van der Waals surface area contributed by atoms with Gasteiger partial charge in [0, 0.05) is 32.7 Å². The van der Waals surface area contributed by atoms with E-state index in [2.05, 4.69) is 15.6 Å². The summed E-state index contributed by atoms with van der Waals surface area (Å²) in [5, 5.41) is 7.62. The fourth-order valence-corrected chi connectivity index (χ4v) is 3.64. The molecule has 0 radical (unpaired) electrons. The maximum Gasteiger partial charge on any atom is 0.261 e. The number of fused-ring (bicyclic) bond motifs is 1. The van der Waals surface area contributed by atoms with E-state index in [1.165, 1.54) is 11.3 Å². The van der Waals surface area contributed by atoms with Crippen molar-refractivity contribution in [1.29, 1.82) is 0 Å². The van der Waals surface area contributed by atoms with Crippen LogP contribution in [-0.4, -0.2) is 41.1 Å². The van der Waals surface area contributed by atoms with Gasteiger partial charge in [0.1, 0.15) is 0 Å². The summed E-state index contributed by atoms with van der Waals surface area (Å²) in [6, 6.07) is 11.5. The number of aromatic nitrogens is 2. The van der Waals surface area contributed by atoms with Crippen LogP contribution in [0.4, 0.5) is 5.95 Å². The molecule has 2 heterocycles. The zero-order valence-electron chi connectivity index (χ0n) is 16.5. The van der Waals surface area contributed by atoms with Crippen molar-refractivity contribution < 1.29 is 14.3 Å². The van der Waals surface area contributed by atoms with Crippen LogP contribution in [0.15, 0.2) is 41.8 Å². The zero-order valence-corrected chi connectivity index (χ0v) is 17.3. The van der Waals surface area contributed by atoms with Gasteiger partial charge in [0.15, 0.2) is 0 Å². The lowest BCUT2D eigenvalue weighted by atomic mass is 10.3. The topological polar surface area (TPSA) is 85.2 Å². The Labute approximate surface area is 174 Å². The van der Waals surface area contributed by atoms with E-state index in [4.69, 9.17) is 4.74 Å². The number of carbonyl (C=O) groups excluding carboxylic acids is 2. The average molecular weight is 415 g/mol. The van der Waals surface area contributed by atoms with Gasteiger partial charge in [0.05, 0.1) is 15.9 Å². The van der Waals surface area contributed by atoms with Crippen molar-refractivity contribution >= 4 is 40.1 Å². The Kier molecular flexibility index (Phi) is 7.77. The van der Waals surface area contributed by atoms with Crippen molar-refractivity contribution in [2.24, 2.45) is 0 Å². The number of nitrogens with zero attached hydrogens (tertiary/aromatic N) is 2. The van der Waals surface area contributed by atoms with Crippen LogP contribution in [0.1, 0.15) is 35.9 Å². The first kappa shape index (κ1) is 21.0. The Morgan fingerprint density at radius 1 is 1.17 bits per heavy atom. The maximum atomic E-state index is 12.4. The van der Waals surface area contributed by atoms with Gasteiger partial charge in [-0.3, -0.25) is 14.9 Å². The van der Waals surface area contributed by atoms with Gasteiger partial charge in [0.2, 0.25) is 11.9 Å². The zero-order chi connectivity index (χ0) is 20.5. The van der Waals surface area contributed by atoms with Crippen LogP contribution >= 0.6 is 11.3 Å². The predicted octanol–water partition coefficient (Wildman–Crippen LogP) is 3.67.